The average Bonchev–Trinajstić information content (AvgIpc) is 3.13. The summed E-state index contributed by atoms with van der Waals surface area (Å²) < 4.78 is 18.9. The van der Waals surface area contributed by atoms with Crippen LogP contribution in [0.2, 0.25) is 0 Å². The third kappa shape index (κ3) is 2.98. The Balaban J connectivity index is 2.03. The summed E-state index contributed by atoms with van der Waals surface area (Å²) in [6.45, 7) is 1.68. The molecule has 1 aromatic rings. The molecule has 0 spiro atoms. The molecule has 0 aliphatic heterocycles. The highest BCUT2D eigenvalue weighted by Crippen LogP contribution is 2.23. The van der Waals surface area contributed by atoms with Crippen LogP contribution in [0.15, 0.2) is 18.2 Å². The standard InChI is InChI=1S/C13H17FN2O2/c1-8(13(17)16-9-5-6-9)18-12-4-2-3-11(14)10(12)7-15/h2-4,8-9H,5-7,15H2,1H3,(H,16,17). The summed E-state index contributed by atoms with van der Waals surface area (Å²) in [5.41, 5.74) is 5.77. The van der Waals surface area contributed by atoms with Crippen molar-refractivity contribution in [3.63, 3.8) is 0 Å². The van der Waals surface area contributed by atoms with E-state index in [2.05, 4.69) is 5.32 Å². The minimum atomic E-state index is -0.655. The van der Waals surface area contributed by atoms with Gasteiger partial charge in [-0.15, -0.1) is 0 Å². The van der Waals surface area contributed by atoms with Gasteiger partial charge in [-0.05, 0) is 31.9 Å². The Labute approximate surface area is 105 Å². The third-order valence-electron chi connectivity index (χ3n) is 2.88. The maximum atomic E-state index is 13.5. The Bertz CT molecular complexity index is 447. The van der Waals surface area contributed by atoms with Crippen molar-refractivity contribution >= 4 is 5.91 Å². The van der Waals surface area contributed by atoms with Gasteiger partial charge in [-0.1, -0.05) is 6.07 Å². The molecule has 0 heterocycles. The summed E-state index contributed by atoms with van der Waals surface area (Å²) in [4.78, 5) is 11.7. The lowest BCUT2D eigenvalue weighted by molar-refractivity contribution is -0.127. The zero-order chi connectivity index (χ0) is 13.1. The van der Waals surface area contributed by atoms with Crippen molar-refractivity contribution in [2.75, 3.05) is 0 Å². The van der Waals surface area contributed by atoms with E-state index in [0.717, 1.165) is 12.8 Å². The Morgan fingerprint density at radius 2 is 2.33 bits per heavy atom. The summed E-state index contributed by atoms with van der Waals surface area (Å²) in [5, 5.41) is 2.84. The fraction of sp³-hybridized carbons (Fsp3) is 0.462. The molecule has 0 radical (unpaired) electrons. The lowest BCUT2D eigenvalue weighted by atomic mass is 10.2. The number of amides is 1. The van der Waals surface area contributed by atoms with Crippen molar-refractivity contribution in [1.82, 2.24) is 5.32 Å². The van der Waals surface area contributed by atoms with Gasteiger partial charge < -0.3 is 15.8 Å². The van der Waals surface area contributed by atoms with Gasteiger partial charge in [-0.3, -0.25) is 4.79 Å². The largest absolute Gasteiger partial charge is 0.480 e. The summed E-state index contributed by atoms with van der Waals surface area (Å²) >= 11 is 0. The minimum absolute atomic E-state index is 0.0406. The molecule has 1 unspecified atom stereocenters. The van der Waals surface area contributed by atoms with Crippen LogP contribution < -0.4 is 15.8 Å². The number of carbonyl (C=O) groups excluding carboxylic acids is 1. The number of nitrogens with two attached hydrogens (primary N) is 1. The molecule has 1 saturated carbocycles. The van der Waals surface area contributed by atoms with E-state index in [1.165, 1.54) is 12.1 Å². The molecule has 0 aromatic heterocycles. The summed E-state index contributed by atoms with van der Waals surface area (Å²) in [6.07, 6.45) is 1.39. The van der Waals surface area contributed by atoms with Crippen LogP contribution in [-0.4, -0.2) is 18.1 Å². The molecule has 1 aromatic carbocycles. The van der Waals surface area contributed by atoms with Crippen molar-refractivity contribution in [3.8, 4) is 5.75 Å². The first-order valence-corrected chi connectivity index (χ1v) is 6.06. The smallest absolute Gasteiger partial charge is 0.260 e. The predicted octanol–water partition coefficient (Wildman–Crippen LogP) is 1.33. The molecule has 1 fully saturated rings. The Morgan fingerprint density at radius 1 is 1.61 bits per heavy atom. The van der Waals surface area contributed by atoms with Gasteiger partial charge in [0.1, 0.15) is 11.6 Å². The average molecular weight is 252 g/mol. The lowest BCUT2D eigenvalue weighted by Gasteiger charge is -2.17. The van der Waals surface area contributed by atoms with Crippen LogP contribution in [0.3, 0.4) is 0 Å². The number of hydrogen-bond donors (Lipinski definition) is 2. The van der Waals surface area contributed by atoms with Crippen molar-refractivity contribution in [1.29, 1.82) is 0 Å². The quantitative estimate of drug-likeness (QED) is 0.831. The van der Waals surface area contributed by atoms with Gasteiger partial charge in [-0.2, -0.15) is 0 Å². The van der Waals surface area contributed by atoms with Crippen LogP contribution in [-0.2, 0) is 11.3 Å². The molecule has 98 valence electrons. The molecule has 4 nitrogen and oxygen atoms in total. The van der Waals surface area contributed by atoms with Crippen molar-refractivity contribution < 1.29 is 13.9 Å². The van der Waals surface area contributed by atoms with Crippen molar-refractivity contribution in [2.24, 2.45) is 5.73 Å². The molecule has 1 atom stereocenters. The molecule has 0 bridgehead atoms. The number of benzene rings is 1. The number of carbonyl (C=O) groups is 1. The van der Waals surface area contributed by atoms with Gasteiger partial charge in [-0.25, -0.2) is 4.39 Å². The highest BCUT2D eigenvalue weighted by atomic mass is 19.1. The number of halogens is 1. The van der Waals surface area contributed by atoms with Crippen LogP contribution >= 0.6 is 0 Å². The Hall–Kier alpha value is -1.62. The maximum absolute atomic E-state index is 13.5. The predicted molar refractivity (Wildman–Crippen MR) is 65.5 cm³/mol. The van der Waals surface area contributed by atoms with Crippen LogP contribution in [0.5, 0.6) is 5.75 Å². The summed E-state index contributed by atoms with van der Waals surface area (Å²) in [5.74, 6) is -0.259. The van der Waals surface area contributed by atoms with Gasteiger partial charge in [0.15, 0.2) is 6.10 Å². The first kappa shape index (κ1) is 12.8. The van der Waals surface area contributed by atoms with Crippen molar-refractivity contribution in [3.05, 3.63) is 29.6 Å². The van der Waals surface area contributed by atoms with E-state index in [1.54, 1.807) is 13.0 Å². The molecule has 1 amide bonds. The molecule has 1 aliphatic rings. The highest BCUT2D eigenvalue weighted by molar-refractivity contribution is 5.81. The summed E-state index contributed by atoms with van der Waals surface area (Å²) in [7, 11) is 0. The molecule has 0 saturated heterocycles. The topological polar surface area (TPSA) is 64.3 Å². The molecular weight excluding hydrogens is 235 g/mol. The Kier molecular flexibility index (Phi) is 3.81. The van der Waals surface area contributed by atoms with E-state index in [0.29, 0.717) is 11.3 Å². The zero-order valence-corrected chi connectivity index (χ0v) is 10.3. The SMILES string of the molecule is CC(Oc1cccc(F)c1CN)C(=O)NC1CC1. The van der Waals surface area contributed by atoms with Gasteiger partial charge in [0, 0.05) is 18.2 Å². The van der Waals surface area contributed by atoms with E-state index < -0.39 is 11.9 Å². The second kappa shape index (κ2) is 5.35. The fourth-order valence-electron chi connectivity index (χ4n) is 1.64. The Morgan fingerprint density at radius 3 is 2.94 bits per heavy atom. The number of hydrogen-bond acceptors (Lipinski definition) is 3. The normalized spacial score (nSPS) is 16.2. The molecule has 18 heavy (non-hydrogen) atoms. The number of ether oxygens (including phenoxy) is 1. The highest BCUT2D eigenvalue weighted by Gasteiger charge is 2.26. The van der Waals surface area contributed by atoms with Crippen molar-refractivity contribution in [2.45, 2.75) is 38.5 Å². The lowest BCUT2D eigenvalue weighted by Crippen LogP contribution is -2.37. The molecule has 5 heteroatoms. The molecular formula is C13H17FN2O2. The molecule has 3 N–H and O–H groups in total. The first-order chi connectivity index (χ1) is 8.61. The molecule has 1 aliphatic carbocycles. The second-order valence-electron chi connectivity index (χ2n) is 4.46. The fourth-order valence-corrected chi connectivity index (χ4v) is 1.64. The van der Waals surface area contributed by atoms with Crippen LogP contribution in [0, 0.1) is 5.82 Å². The van der Waals surface area contributed by atoms with Crippen LogP contribution in [0.25, 0.3) is 0 Å². The maximum Gasteiger partial charge on any atom is 0.260 e. The first-order valence-electron chi connectivity index (χ1n) is 6.06. The van der Waals surface area contributed by atoms with Gasteiger partial charge in [0.05, 0.1) is 0 Å². The number of rotatable bonds is 5. The third-order valence-corrected chi connectivity index (χ3v) is 2.88. The van der Waals surface area contributed by atoms with E-state index in [4.69, 9.17) is 10.5 Å². The monoisotopic (exact) mass is 252 g/mol. The van der Waals surface area contributed by atoms with Gasteiger partial charge in [0.2, 0.25) is 0 Å². The van der Waals surface area contributed by atoms with Crippen LogP contribution in [0.1, 0.15) is 25.3 Å². The molecule has 2 rings (SSSR count). The zero-order valence-electron chi connectivity index (χ0n) is 10.3. The van der Waals surface area contributed by atoms with E-state index in [9.17, 15) is 9.18 Å². The van der Waals surface area contributed by atoms with E-state index in [1.807, 2.05) is 0 Å². The van der Waals surface area contributed by atoms with Gasteiger partial charge >= 0.3 is 0 Å². The van der Waals surface area contributed by atoms with Crippen LogP contribution in [0.4, 0.5) is 4.39 Å². The van der Waals surface area contributed by atoms with E-state index >= 15 is 0 Å². The second-order valence-corrected chi connectivity index (χ2v) is 4.46. The van der Waals surface area contributed by atoms with E-state index in [-0.39, 0.29) is 18.5 Å². The minimum Gasteiger partial charge on any atom is -0.480 e. The number of nitrogens with one attached hydrogen (secondary N) is 1. The summed E-state index contributed by atoms with van der Waals surface area (Å²) in [6, 6.07) is 4.76. The van der Waals surface area contributed by atoms with Gasteiger partial charge in [0.25, 0.3) is 5.91 Å².